The summed E-state index contributed by atoms with van der Waals surface area (Å²) >= 11 is 0. The highest BCUT2D eigenvalue weighted by Crippen LogP contribution is 2.26. The van der Waals surface area contributed by atoms with E-state index in [-0.39, 0.29) is 11.8 Å². The molecule has 1 saturated heterocycles. The van der Waals surface area contributed by atoms with Crippen LogP contribution in [0.2, 0.25) is 0 Å². The summed E-state index contributed by atoms with van der Waals surface area (Å²) in [7, 11) is 0. The third kappa shape index (κ3) is 3.55. The number of aliphatic hydroxyl groups is 1. The fourth-order valence-electron chi connectivity index (χ4n) is 3.39. The number of amides is 1. The number of rotatable bonds is 4. The normalized spacial score (nSPS) is 26.1. The average molecular weight is 304 g/mol. The Labute approximate surface area is 131 Å². The molecule has 0 spiro atoms. The molecule has 1 aromatic heterocycles. The van der Waals surface area contributed by atoms with Gasteiger partial charge >= 0.3 is 0 Å². The highest BCUT2D eigenvalue weighted by Gasteiger charge is 2.37. The van der Waals surface area contributed by atoms with E-state index in [9.17, 15) is 9.90 Å². The van der Waals surface area contributed by atoms with Crippen LogP contribution < -0.4 is 10.2 Å². The summed E-state index contributed by atoms with van der Waals surface area (Å²) in [4.78, 5) is 22.6. The number of nitrogens with one attached hydrogen (secondary N) is 1. The molecule has 0 aromatic carbocycles. The summed E-state index contributed by atoms with van der Waals surface area (Å²) in [5, 5.41) is 13.6. The molecule has 2 fully saturated rings. The number of hydrogen-bond donors (Lipinski definition) is 2. The molecular formula is C16H24N4O2. The Hall–Kier alpha value is -1.69. The van der Waals surface area contributed by atoms with Crippen LogP contribution >= 0.6 is 0 Å². The highest BCUT2D eigenvalue weighted by molar-refractivity contribution is 5.78. The summed E-state index contributed by atoms with van der Waals surface area (Å²) in [6.45, 7) is 1.48. The predicted octanol–water partition coefficient (Wildman–Crippen LogP) is 1.11. The fraction of sp³-hybridized carbons (Fsp3) is 0.688. The quantitative estimate of drug-likeness (QED) is 0.871. The first-order valence-electron chi connectivity index (χ1n) is 8.18. The Morgan fingerprint density at radius 2 is 2.05 bits per heavy atom. The molecule has 1 aromatic rings. The van der Waals surface area contributed by atoms with Crippen LogP contribution in [0.4, 0.5) is 5.95 Å². The van der Waals surface area contributed by atoms with Gasteiger partial charge in [-0.2, -0.15) is 0 Å². The molecular weight excluding hydrogens is 280 g/mol. The van der Waals surface area contributed by atoms with Gasteiger partial charge in [0.15, 0.2) is 0 Å². The Balaban J connectivity index is 1.51. The number of anilines is 1. The van der Waals surface area contributed by atoms with Gasteiger partial charge in [-0.05, 0) is 25.3 Å². The zero-order valence-electron chi connectivity index (χ0n) is 12.9. The van der Waals surface area contributed by atoms with Gasteiger partial charge in [0.05, 0.1) is 6.54 Å². The molecule has 2 aliphatic rings. The van der Waals surface area contributed by atoms with Crippen molar-refractivity contribution in [2.75, 3.05) is 24.5 Å². The van der Waals surface area contributed by atoms with Gasteiger partial charge in [-0.15, -0.1) is 0 Å². The largest absolute Gasteiger partial charge is 0.386 e. The minimum Gasteiger partial charge on any atom is -0.386 e. The van der Waals surface area contributed by atoms with Crippen molar-refractivity contribution in [1.82, 2.24) is 15.3 Å². The molecule has 22 heavy (non-hydrogen) atoms. The summed E-state index contributed by atoms with van der Waals surface area (Å²) in [5.74, 6) is 0.867. The first-order chi connectivity index (χ1) is 10.7. The smallest absolute Gasteiger partial charge is 0.225 e. The summed E-state index contributed by atoms with van der Waals surface area (Å²) in [6.07, 6.45) is 9.50. The number of carbonyl (C=O) groups is 1. The molecule has 2 N–H and O–H groups in total. The maximum atomic E-state index is 12.2. The van der Waals surface area contributed by atoms with Gasteiger partial charge in [-0.3, -0.25) is 4.79 Å². The Bertz CT molecular complexity index is 504. The lowest BCUT2D eigenvalue weighted by Crippen LogP contribution is -2.46. The molecule has 6 nitrogen and oxygen atoms in total. The fourth-order valence-corrected chi connectivity index (χ4v) is 3.39. The van der Waals surface area contributed by atoms with Gasteiger partial charge in [0, 0.05) is 31.4 Å². The zero-order chi connectivity index (χ0) is 15.4. The molecule has 120 valence electrons. The van der Waals surface area contributed by atoms with Crippen LogP contribution in [-0.4, -0.2) is 46.2 Å². The molecule has 1 atom stereocenters. The molecule has 1 saturated carbocycles. The van der Waals surface area contributed by atoms with Gasteiger partial charge in [-0.1, -0.05) is 19.3 Å². The van der Waals surface area contributed by atoms with Crippen LogP contribution in [0, 0.1) is 5.92 Å². The molecule has 0 radical (unpaired) electrons. The molecule has 3 rings (SSSR count). The second-order valence-corrected chi connectivity index (χ2v) is 6.50. The van der Waals surface area contributed by atoms with E-state index in [1.807, 2.05) is 4.90 Å². The number of β-amino-alcohol motifs (C(OH)–C–C–N with tert-alkyl or cyclic N) is 1. The van der Waals surface area contributed by atoms with Crippen molar-refractivity contribution in [1.29, 1.82) is 0 Å². The maximum Gasteiger partial charge on any atom is 0.225 e. The molecule has 6 heteroatoms. The van der Waals surface area contributed by atoms with E-state index < -0.39 is 5.60 Å². The predicted molar refractivity (Wildman–Crippen MR) is 83.4 cm³/mol. The molecule has 1 amide bonds. The van der Waals surface area contributed by atoms with Crippen molar-refractivity contribution >= 4 is 11.9 Å². The Morgan fingerprint density at radius 1 is 1.32 bits per heavy atom. The number of carbonyl (C=O) groups excluding carboxylic acids is 1. The minimum atomic E-state index is -0.885. The van der Waals surface area contributed by atoms with Crippen molar-refractivity contribution < 1.29 is 9.90 Å². The van der Waals surface area contributed by atoms with Gasteiger partial charge in [0.1, 0.15) is 5.60 Å². The van der Waals surface area contributed by atoms with Gasteiger partial charge in [-0.25, -0.2) is 9.97 Å². The standard InChI is InChI=1S/C16H24N4O2/c21-14(13-5-2-1-3-6-13)19-11-16(22)7-10-20(12-16)15-17-8-4-9-18-15/h4,8-9,13,22H,1-3,5-7,10-12H2,(H,19,21). The van der Waals surface area contributed by atoms with Gasteiger partial charge in [0.25, 0.3) is 0 Å². The maximum absolute atomic E-state index is 12.2. The molecule has 1 aliphatic carbocycles. The Morgan fingerprint density at radius 3 is 2.77 bits per heavy atom. The topological polar surface area (TPSA) is 78.4 Å². The lowest BCUT2D eigenvalue weighted by atomic mass is 9.88. The van der Waals surface area contributed by atoms with Crippen molar-refractivity contribution in [3.05, 3.63) is 18.5 Å². The van der Waals surface area contributed by atoms with E-state index in [2.05, 4.69) is 15.3 Å². The van der Waals surface area contributed by atoms with Crippen molar-refractivity contribution in [2.45, 2.75) is 44.1 Å². The third-order valence-electron chi connectivity index (χ3n) is 4.73. The second-order valence-electron chi connectivity index (χ2n) is 6.50. The average Bonchev–Trinajstić information content (AvgIpc) is 2.97. The van der Waals surface area contributed by atoms with Crippen LogP contribution in [0.1, 0.15) is 38.5 Å². The first-order valence-corrected chi connectivity index (χ1v) is 8.18. The van der Waals surface area contributed by atoms with E-state index in [4.69, 9.17) is 0 Å². The number of aromatic nitrogens is 2. The lowest BCUT2D eigenvalue weighted by Gasteiger charge is -2.26. The molecule has 0 bridgehead atoms. The van der Waals surface area contributed by atoms with E-state index in [1.165, 1.54) is 6.42 Å². The summed E-state index contributed by atoms with van der Waals surface area (Å²) in [6, 6.07) is 1.77. The van der Waals surface area contributed by atoms with Gasteiger partial charge in [0.2, 0.25) is 11.9 Å². The Kier molecular flexibility index (Phi) is 4.57. The van der Waals surface area contributed by atoms with Gasteiger partial charge < -0.3 is 15.3 Å². The minimum absolute atomic E-state index is 0.0996. The monoisotopic (exact) mass is 304 g/mol. The van der Waals surface area contributed by atoms with Crippen LogP contribution in [0.5, 0.6) is 0 Å². The lowest BCUT2D eigenvalue weighted by molar-refractivity contribution is -0.127. The third-order valence-corrected chi connectivity index (χ3v) is 4.73. The van der Waals surface area contributed by atoms with Crippen LogP contribution in [0.3, 0.4) is 0 Å². The van der Waals surface area contributed by atoms with Crippen LogP contribution in [-0.2, 0) is 4.79 Å². The molecule has 1 unspecified atom stereocenters. The summed E-state index contributed by atoms with van der Waals surface area (Å²) < 4.78 is 0. The van der Waals surface area contributed by atoms with Crippen molar-refractivity contribution in [2.24, 2.45) is 5.92 Å². The van der Waals surface area contributed by atoms with E-state index in [0.29, 0.717) is 32.0 Å². The van der Waals surface area contributed by atoms with Crippen molar-refractivity contribution in [3.8, 4) is 0 Å². The van der Waals surface area contributed by atoms with E-state index in [0.717, 1.165) is 25.7 Å². The van der Waals surface area contributed by atoms with Crippen molar-refractivity contribution in [3.63, 3.8) is 0 Å². The summed E-state index contributed by atoms with van der Waals surface area (Å²) in [5.41, 5.74) is -0.885. The zero-order valence-corrected chi connectivity index (χ0v) is 12.9. The SMILES string of the molecule is O=C(NCC1(O)CCN(c2ncccn2)C1)C1CCCCC1. The van der Waals surface area contributed by atoms with Crippen LogP contribution in [0.15, 0.2) is 18.5 Å². The molecule has 2 heterocycles. The molecule has 1 aliphatic heterocycles. The highest BCUT2D eigenvalue weighted by atomic mass is 16.3. The van der Waals surface area contributed by atoms with E-state index in [1.54, 1.807) is 18.5 Å². The first kappa shape index (κ1) is 15.2. The number of hydrogen-bond acceptors (Lipinski definition) is 5. The second kappa shape index (κ2) is 6.60. The van der Waals surface area contributed by atoms with Crippen LogP contribution in [0.25, 0.3) is 0 Å². The van der Waals surface area contributed by atoms with E-state index >= 15 is 0 Å². The number of nitrogens with zero attached hydrogens (tertiary/aromatic N) is 3.